The van der Waals surface area contributed by atoms with Gasteiger partial charge in [0.1, 0.15) is 4.32 Å². The van der Waals surface area contributed by atoms with Crippen molar-refractivity contribution in [2.75, 3.05) is 45.9 Å². The highest BCUT2D eigenvalue weighted by Gasteiger charge is 2.31. The summed E-state index contributed by atoms with van der Waals surface area (Å²) in [6.45, 7) is 5.87. The minimum atomic E-state index is -0.0482. The summed E-state index contributed by atoms with van der Waals surface area (Å²) in [6.07, 6.45) is 5.85. The van der Waals surface area contributed by atoms with E-state index in [1.165, 1.54) is 11.8 Å². The first-order chi connectivity index (χ1) is 15.5. The van der Waals surface area contributed by atoms with E-state index >= 15 is 0 Å². The molecule has 0 atom stereocenters. The molecule has 1 aromatic carbocycles. The number of hydrogen-bond donors (Lipinski definition) is 1. The fourth-order valence-electron chi connectivity index (χ4n) is 3.58. The molecule has 0 radical (unpaired) electrons. The van der Waals surface area contributed by atoms with Crippen molar-refractivity contribution in [1.82, 2.24) is 15.1 Å². The Labute approximate surface area is 204 Å². The molecule has 32 heavy (non-hydrogen) atoms. The average Bonchev–Trinajstić information content (AvgIpc) is 3.06. The van der Waals surface area contributed by atoms with Crippen LogP contribution in [0.5, 0.6) is 0 Å². The molecular weight excluding hydrogens is 466 g/mol. The third kappa shape index (κ3) is 8.15. The number of carbonyl (C=O) groups excluding carboxylic acids is 2. The number of benzene rings is 1. The van der Waals surface area contributed by atoms with Crippen molar-refractivity contribution in [3.8, 4) is 0 Å². The predicted octanol–water partition coefficient (Wildman–Crippen LogP) is 3.94. The summed E-state index contributed by atoms with van der Waals surface area (Å²) < 4.78 is 5.93. The van der Waals surface area contributed by atoms with Gasteiger partial charge in [0.15, 0.2) is 0 Å². The number of thiocarbonyl (C=S) groups is 1. The Morgan fingerprint density at radius 1 is 1.12 bits per heavy atom. The van der Waals surface area contributed by atoms with Crippen LogP contribution >= 0.6 is 35.6 Å². The van der Waals surface area contributed by atoms with Crippen molar-refractivity contribution >= 4 is 57.8 Å². The molecule has 2 aliphatic heterocycles. The summed E-state index contributed by atoms with van der Waals surface area (Å²) in [7, 11) is 0. The number of nitrogens with zero attached hydrogens (tertiary/aromatic N) is 2. The largest absolute Gasteiger partial charge is 0.379 e. The highest BCUT2D eigenvalue weighted by molar-refractivity contribution is 8.26. The molecule has 2 saturated heterocycles. The van der Waals surface area contributed by atoms with E-state index in [1.54, 1.807) is 17.0 Å². The monoisotopic (exact) mass is 495 g/mol. The third-order valence-corrected chi connectivity index (χ3v) is 7.03. The van der Waals surface area contributed by atoms with Gasteiger partial charge in [-0.15, -0.1) is 0 Å². The lowest BCUT2D eigenvalue weighted by atomic mass is 10.1. The van der Waals surface area contributed by atoms with Gasteiger partial charge in [0, 0.05) is 37.6 Å². The summed E-state index contributed by atoms with van der Waals surface area (Å²) in [6, 6.07) is 7.36. The van der Waals surface area contributed by atoms with Crippen LogP contribution < -0.4 is 5.32 Å². The predicted molar refractivity (Wildman–Crippen MR) is 135 cm³/mol. The molecule has 2 aliphatic rings. The second-order valence-electron chi connectivity index (χ2n) is 7.85. The van der Waals surface area contributed by atoms with Crippen molar-refractivity contribution in [1.29, 1.82) is 0 Å². The summed E-state index contributed by atoms with van der Waals surface area (Å²) in [5.74, 6) is 0.0523. The van der Waals surface area contributed by atoms with Gasteiger partial charge in [-0.1, -0.05) is 54.1 Å². The molecule has 2 heterocycles. The molecule has 0 unspecified atom stereocenters. The summed E-state index contributed by atoms with van der Waals surface area (Å²) in [5, 5.41) is 3.66. The van der Waals surface area contributed by atoms with E-state index in [4.69, 9.17) is 28.6 Å². The molecular formula is C23H30ClN3O3S2. The van der Waals surface area contributed by atoms with Crippen LogP contribution in [-0.2, 0) is 14.3 Å². The van der Waals surface area contributed by atoms with Crippen molar-refractivity contribution < 1.29 is 14.3 Å². The molecule has 0 bridgehead atoms. The van der Waals surface area contributed by atoms with Crippen LogP contribution in [0.4, 0.5) is 0 Å². The molecule has 2 fully saturated rings. The summed E-state index contributed by atoms with van der Waals surface area (Å²) in [5.41, 5.74) is 0.922. The lowest BCUT2D eigenvalue weighted by molar-refractivity contribution is -0.122. The van der Waals surface area contributed by atoms with Gasteiger partial charge in [0.2, 0.25) is 5.91 Å². The van der Waals surface area contributed by atoms with Crippen LogP contribution in [0.15, 0.2) is 29.2 Å². The zero-order valence-corrected chi connectivity index (χ0v) is 20.6. The van der Waals surface area contributed by atoms with Gasteiger partial charge in [0.05, 0.1) is 18.1 Å². The Morgan fingerprint density at radius 2 is 1.88 bits per heavy atom. The average molecular weight is 496 g/mol. The van der Waals surface area contributed by atoms with Gasteiger partial charge in [-0.3, -0.25) is 19.4 Å². The van der Waals surface area contributed by atoms with Gasteiger partial charge >= 0.3 is 0 Å². The molecule has 3 rings (SSSR count). The minimum Gasteiger partial charge on any atom is -0.379 e. The van der Waals surface area contributed by atoms with Crippen LogP contribution in [0.25, 0.3) is 6.08 Å². The van der Waals surface area contributed by atoms with Gasteiger partial charge < -0.3 is 10.1 Å². The zero-order valence-electron chi connectivity index (χ0n) is 18.2. The standard InChI is InChI=1S/C23H30ClN3O3S2/c24-19-8-6-18(7-9-19)17-20-22(29)27(23(31)32-20)12-3-1-2-5-21(28)25-10-4-11-26-13-15-30-16-14-26/h6-9,17H,1-5,10-16H2,(H,25,28)/b20-17-. The van der Waals surface area contributed by atoms with Crippen molar-refractivity contribution in [2.24, 2.45) is 0 Å². The number of halogens is 1. The maximum absolute atomic E-state index is 12.7. The first-order valence-electron chi connectivity index (χ1n) is 11.1. The van der Waals surface area contributed by atoms with Crippen LogP contribution in [0.3, 0.4) is 0 Å². The Hall–Kier alpha value is -1.45. The Bertz CT molecular complexity index is 826. The minimum absolute atomic E-state index is 0.0482. The van der Waals surface area contributed by atoms with E-state index in [0.717, 1.165) is 64.1 Å². The number of rotatable bonds is 11. The third-order valence-electron chi connectivity index (χ3n) is 5.40. The van der Waals surface area contributed by atoms with Gasteiger partial charge in [0.25, 0.3) is 5.91 Å². The lowest BCUT2D eigenvalue weighted by Gasteiger charge is -2.26. The first-order valence-corrected chi connectivity index (χ1v) is 12.7. The Morgan fingerprint density at radius 3 is 2.62 bits per heavy atom. The molecule has 0 aromatic heterocycles. The number of unbranched alkanes of at least 4 members (excludes halogenated alkanes) is 2. The van der Waals surface area contributed by atoms with Crippen molar-refractivity contribution in [2.45, 2.75) is 32.1 Å². The highest BCUT2D eigenvalue weighted by atomic mass is 35.5. The van der Waals surface area contributed by atoms with E-state index in [1.807, 2.05) is 18.2 Å². The molecule has 2 amide bonds. The van der Waals surface area contributed by atoms with Gasteiger partial charge in [-0.25, -0.2) is 0 Å². The molecule has 1 N–H and O–H groups in total. The van der Waals surface area contributed by atoms with E-state index in [2.05, 4.69) is 10.2 Å². The second-order valence-corrected chi connectivity index (χ2v) is 9.97. The summed E-state index contributed by atoms with van der Waals surface area (Å²) >= 11 is 12.6. The van der Waals surface area contributed by atoms with E-state index in [-0.39, 0.29) is 11.8 Å². The first kappa shape index (κ1) is 25.2. The number of thioether (sulfide) groups is 1. The molecule has 0 spiro atoms. The van der Waals surface area contributed by atoms with E-state index in [9.17, 15) is 9.59 Å². The van der Waals surface area contributed by atoms with E-state index in [0.29, 0.717) is 33.8 Å². The molecule has 1 aromatic rings. The van der Waals surface area contributed by atoms with Crippen LogP contribution in [0, 0.1) is 0 Å². The Kier molecular flexibility index (Phi) is 10.5. The second kappa shape index (κ2) is 13.3. The van der Waals surface area contributed by atoms with Crippen molar-refractivity contribution in [3.05, 3.63) is 39.8 Å². The van der Waals surface area contributed by atoms with E-state index < -0.39 is 0 Å². The number of hydrogen-bond acceptors (Lipinski definition) is 6. The lowest BCUT2D eigenvalue weighted by Crippen LogP contribution is -2.38. The zero-order chi connectivity index (χ0) is 22.8. The number of carbonyl (C=O) groups is 2. The molecule has 0 saturated carbocycles. The number of amides is 2. The maximum atomic E-state index is 12.7. The molecule has 174 valence electrons. The SMILES string of the molecule is O=C(CCCCCN1C(=O)/C(=C/c2ccc(Cl)cc2)SC1=S)NCCCN1CCOCC1. The van der Waals surface area contributed by atoms with Gasteiger partial charge in [-0.2, -0.15) is 0 Å². The van der Waals surface area contributed by atoms with Crippen LogP contribution in [0.1, 0.15) is 37.7 Å². The smallest absolute Gasteiger partial charge is 0.266 e. The normalized spacial score (nSPS) is 18.5. The highest BCUT2D eigenvalue weighted by Crippen LogP contribution is 2.32. The van der Waals surface area contributed by atoms with Crippen LogP contribution in [0.2, 0.25) is 5.02 Å². The Balaban J connectivity index is 1.28. The van der Waals surface area contributed by atoms with Gasteiger partial charge in [-0.05, 0) is 49.6 Å². The topological polar surface area (TPSA) is 61.9 Å². The van der Waals surface area contributed by atoms with Crippen molar-refractivity contribution in [3.63, 3.8) is 0 Å². The fraction of sp³-hybridized carbons (Fsp3) is 0.522. The number of ether oxygens (including phenoxy) is 1. The summed E-state index contributed by atoms with van der Waals surface area (Å²) in [4.78, 5) is 29.3. The maximum Gasteiger partial charge on any atom is 0.266 e. The molecule has 6 nitrogen and oxygen atoms in total. The van der Waals surface area contributed by atoms with Crippen LogP contribution in [-0.4, -0.2) is 71.9 Å². The molecule has 9 heteroatoms. The molecule has 0 aliphatic carbocycles. The number of morpholine rings is 1. The number of nitrogens with one attached hydrogen (secondary N) is 1. The fourth-order valence-corrected chi connectivity index (χ4v) is 5.01. The quantitative estimate of drug-likeness (QED) is 0.285.